The lowest BCUT2D eigenvalue weighted by molar-refractivity contribution is 0.0526. The Kier molecular flexibility index (Phi) is 6.05. The zero-order valence-electron chi connectivity index (χ0n) is 13.2. The van der Waals surface area contributed by atoms with Gasteiger partial charge in [0.25, 0.3) is 0 Å². The maximum atomic E-state index is 11.6. The van der Waals surface area contributed by atoms with Crippen LogP contribution in [0.1, 0.15) is 38.1 Å². The van der Waals surface area contributed by atoms with Crippen LogP contribution in [0.25, 0.3) is 0 Å². The lowest BCUT2D eigenvalue weighted by Gasteiger charge is -2.21. The van der Waals surface area contributed by atoms with Crippen LogP contribution in [0.5, 0.6) is 0 Å². The van der Waals surface area contributed by atoms with E-state index in [1.54, 1.807) is 39.0 Å². The van der Waals surface area contributed by atoms with E-state index >= 15 is 0 Å². The van der Waals surface area contributed by atoms with Crippen LogP contribution in [-0.4, -0.2) is 30.2 Å². The number of anilines is 1. The fraction of sp³-hybridized carbons (Fsp3) is 0.467. The van der Waals surface area contributed by atoms with Crippen LogP contribution in [0.4, 0.5) is 10.5 Å². The van der Waals surface area contributed by atoms with Gasteiger partial charge in [-0.2, -0.15) is 0 Å². The van der Waals surface area contributed by atoms with Crippen LogP contribution in [0, 0.1) is 0 Å². The number of nitrogens with one attached hydrogen (secondary N) is 2. The number of benzene rings is 1. The van der Waals surface area contributed by atoms with E-state index in [1.165, 1.54) is 0 Å². The molecule has 0 aliphatic carbocycles. The molecule has 1 rings (SSSR count). The molecule has 122 valence electrons. The average molecular weight is 328 g/mol. The monoisotopic (exact) mass is 327 g/mol. The molecule has 1 aromatic carbocycles. The van der Waals surface area contributed by atoms with Crippen LogP contribution in [0.2, 0.25) is 5.02 Å². The highest BCUT2D eigenvalue weighted by atomic mass is 35.5. The van der Waals surface area contributed by atoms with Gasteiger partial charge in [-0.25, -0.2) is 4.79 Å². The molecule has 0 fully saturated rings. The van der Waals surface area contributed by atoms with E-state index in [4.69, 9.17) is 22.1 Å². The minimum absolute atomic E-state index is 0.0746. The molecule has 0 aromatic heterocycles. The highest BCUT2D eigenvalue weighted by Crippen LogP contribution is 2.20. The normalized spacial score (nSPS) is 12.4. The molecule has 6 nitrogen and oxygen atoms in total. The first-order chi connectivity index (χ1) is 10.1. The Bertz CT molecular complexity index is 555. The van der Waals surface area contributed by atoms with E-state index in [0.717, 1.165) is 0 Å². The van der Waals surface area contributed by atoms with Crippen molar-refractivity contribution < 1.29 is 14.3 Å². The number of primary amides is 1. The molecule has 0 spiro atoms. The van der Waals surface area contributed by atoms with Crippen molar-refractivity contribution in [2.45, 2.75) is 39.3 Å². The average Bonchev–Trinajstić information content (AvgIpc) is 2.36. The third-order valence-electron chi connectivity index (χ3n) is 2.60. The number of carbonyl (C=O) groups excluding carboxylic acids is 2. The van der Waals surface area contributed by atoms with Gasteiger partial charge in [-0.15, -0.1) is 0 Å². The third kappa shape index (κ3) is 6.22. The zero-order valence-corrected chi connectivity index (χ0v) is 14.0. The standard InChI is InChI=1S/C15H22ClN3O3/c1-9(8-18-14(21)22-15(2,3)4)19-10-5-6-12(16)11(7-10)13(17)20/h5-7,9,19H,8H2,1-4H3,(H2,17,20)(H,18,21). The van der Waals surface area contributed by atoms with E-state index in [0.29, 0.717) is 17.3 Å². The van der Waals surface area contributed by atoms with E-state index < -0.39 is 17.6 Å². The van der Waals surface area contributed by atoms with Gasteiger partial charge in [-0.1, -0.05) is 11.6 Å². The van der Waals surface area contributed by atoms with Crippen molar-refractivity contribution in [3.8, 4) is 0 Å². The van der Waals surface area contributed by atoms with Gasteiger partial charge >= 0.3 is 6.09 Å². The van der Waals surface area contributed by atoms with Gasteiger partial charge in [0.2, 0.25) is 5.91 Å². The van der Waals surface area contributed by atoms with Crippen molar-refractivity contribution in [3.63, 3.8) is 0 Å². The smallest absolute Gasteiger partial charge is 0.407 e. The molecule has 0 bridgehead atoms. The summed E-state index contributed by atoms with van der Waals surface area (Å²) in [4.78, 5) is 22.8. The second-order valence-electron chi connectivity index (χ2n) is 5.99. The van der Waals surface area contributed by atoms with E-state index in [9.17, 15) is 9.59 Å². The van der Waals surface area contributed by atoms with Gasteiger partial charge in [0.05, 0.1) is 10.6 Å². The fourth-order valence-electron chi connectivity index (χ4n) is 1.69. The van der Waals surface area contributed by atoms with Gasteiger partial charge < -0.3 is 21.1 Å². The van der Waals surface area contributed by atoms with Crippen molar-refractivity contribution >= 4 is 29.3 Å². The summed E-state index contributed by atoms with van der Waals surface area (Å²) in [6, 6.07) is 4.83. The summed E-state index contributed by atoms with van der Waals surface area (Å²) >= 11 is 5.89. The summed E-state index contributed by atoms with van der Waals surface area (Å²) in [7, 11) is 0. The Hall–Kier alpha value is -1.95. The molecule has 0 radical (unpaired) electrons. The van der Waals surface area contributed by atoms with E-state index in [1.807, 2.05) is 6.92 Å². The van der Waals surface area contributed by atoms with Crippen LogP contribution < -0.4 is 16.4 Å². The molecule has 1 aromatic rings. The Labute approximate surface area is 135 Å². The topological polar surface area (TPSA) is 93.4 Å². The fourth-order valence-corrected chi connectivity index (χ4v) is 1.90. The highest BCUT2D eigenvalue weighted by molar-refractivity contribution is 6.33. The number of carbonyl (C=O) groups is 2. The molecule has 0 aliphatic rings. The lowest BCUT2D eigenvalue weighted by Crippen LogP contribution is -2.38. The number of ether oxygens (including phenoxy) is 1. The summed E-state index contributed by atoms with van der Waals surface area (Å²) < 4.78 is 5.15. The second-order valence-corrected chi connectivity index (χ2v) is 6.39. The van der Waals surface area contributed by atoms with Crippen molar-refractivity contribution in [1.29, 1.82) is 0 Å². The predicted octanol–water partition coefficient (Wildman–Crippen LogP) is 2.76. The number of nitrogens with two attached hydrogens (primary N) is 1. The maximum absolute atomic E-state index is 11.6. The highest BCUT2D eigenvalue weighted by Gasteiger charge is 2.16. The molecule has 1 atom stereocenters. The number of alkyl carbamates (subject to hydrolysis) is 1. The Morgan fingerprint density at radius 2 is 2.00 bits per heavy atom. The molecule has 0 saturated carbocycles. The number of hydrogen-bond donors (Lipinski definition) is 3. The Balaban J connectivity index is 2.55. The van der Waals surface area contributed by atoms with Crippen LogP contribution in [-0.2, 0) is 4.74 Å². The van der Waals surface area contributed by atoms with Gasteiger partial charge in [0, 0.05) is 18.3 Å². The molecule has 7 heteroatoms. The van der Waals surface area contributed by atoms with Crippen LogP contribution in [0.3, 0.4) is 0 Å². The molecule has 4 N–H and O–H groups in total. The third-order valence-corrected chi connectivity index (χ3v) is 2.93. The van der Waals surface area contributed by atoms with Gasteiger partial charge in [0.1, 0.15) is 5.60 Å². The summed E-state index contributed by atoms with van der Waals surface area (Å²) in [5, 5.41) is 6.12. The maximum Gasteiger partial charge on any atom is 0.407 e. The Morgan fingerprint density at radius 1 is 1.36 bits per heavy atom. The largest absolute Gasteiger partial charge is 0.444 e. The van der Waals surface area contributed by atoms with Gasteiger partial charge in [-0.05, 0) is 45.9 Å². The van der Waals surface area contributed by atoms with Crippen LogP contribution >= 0.6 is 11.6 Å². The van der Waals surface area contributed by atoms with Crippen molar-refractivity contribution in [2.24, 2.45) is 5.73 Å². The summed E-state index contributed by atoms with van der Waals surface area (Å²) in [5.41, 5.74) is 5.65. The number of amides is 2. The molecule has 0 saturated heterocycles. The molecule has 1 unspecified atom stereocenters. The first kappa shape index (κ1) is 18.1. The number of rotatable bonds is 5. The molecular weight excluding hydrogens is 306 g/mol. The molecular formula is C15H22ClN3O3. The molecule has 0 heterocycles. The van der Waals surface area contributed by atoms with E-state index in [2.05, 4.69) is 10.6 Å². The number of hydrogen-bond acceptors (Lipinski definition) is 4. The molecule has 22 heavy (non-hydrogen) atoms. The Morgan fingerprint density at radius 3 is 2.55 bits per heavy atom. The van der Waals surface area contributed by atoms with Crippen molar-refractivity contribution in [3.05, 3.63) is 28.8 Å². The minimum atomic E-state index is -0.590. The summed E-state index contributed by atoms with van der Waals surface area (Å²) in [6.45, 7) is 7.65. The van der Waals surface area contributed by atoms with Gasteiger partial charge in [-0.3, -0.25) is 4.79 Å². The second kappa shape index (κ2) is 7.35. The lowest BCUT2D eigenvalue weighted by atomic mass is 10.1. The minimum Gasteiger partial charge on any atom is -0.444 e. The predicted molar refractivity (Wildman–Crippen MR) is 87.3 cm³/mol. The van der Waals surface area contributed by atoms with Crippen molar-refractivity contribution in [1.82, 2.24) is 5.32 Å². The molecule has 0 aliphatic heterocycles. The molecule has 2 amide bonds. The first-order valence-electron chi connectivity index (χ1n) is 6.91. The number of halogens is 1. The zero-order chi connectivity index (χ0) is 16.9. The summed E-state index contributed by atoms with van der Waals surface area (Å²) in [5.74, 6) is -0.590. The van der Waals surface area contributed by atoms with Crippen molar-refractivity contribution in [2.75, 3.05) is 11.9 Å². The van der Waals surface area contributed by atoms with Crippen LogP contribution in [0.15, 0.2) is 18.2 Å². The van der Waals surface area contributed by atoms with E-state index in [-0.39, 0.29) is 11.6 Å². The first-order valence-corrected chi connectivity index (χ1v) is 7.29. The van der Waals surface area contributed by atoms with Gasteiger partial charge in [0.15, 0.2) is 0 Å². The quantitative estimate of drug-likeness (QED) is 0.775. The summed E-state index contributed by atoms with van der Waals surface area (Å²) in [6.07, 6.45) is -0.477. The SMILES string of the molecule is CC(CNC(=O)OC(C)(C)C)Nc1ccc(Cl)c(C(N)=O)c1.